The molecule has 1 aromatic carbocycles. The van der Waals surface area contributed by atoms with Gasteiger partial charge in [-0.15, -0.1) is 0 Å². The van der Waals surface area contributed by atoms with Crippen molar-refractivity contribution in [2.75, 3.05) is 13.1 Å². The van der Waals surface area contributed by atoms with Gasteiger partial charge < -0.3 is 10.0 Å². The summed E-state index contributed by atoms with van der Waals surface area (Å²) in [6.07, 6.45) is 2.35. The van der Waals surface area contributed by atoms with E-state index in [9.17, 15) is 14.3 Å². The van der Waals surface area contributed by atoms with Crippen molar-refractivity contribution < 1.29 is 14.3 Å². The number of carbonyl (C=O) groups excluding carboxylic acids is 1. The number of likely N-dealkylation sites (tertiary alicyclic amines) is 1. The van der Waals surface area contributed by atoms with Crippen LogP contribution in [0.25, 0.3) is 0 Å². The van der Waals surface area contributed by atoms with Gasteiger partial charge in [0.2, 0.25) is 0 Å². The van der Waals surface area contributed by atoms with E-state index in [0.717, 1.165) is 0 Å². The second kappa shape index (κ2) is 7.27. The molecule has 1 fully saturated rings. The highest BCUT2D eigenvalue weighted by molar-refractivity contribution is 5.95. The van der Waals surface area contributed by atoms with E-state index in [1.807, 2.05) is 6.92 Å². The van der Waals surface area contributed by atoms with Crippen molar-refractivity contribution in [2.24, 2.45) is 5.92 Å². The van der Waals surface area contributed by atoms with Crippen LogP contribution in [0.15, 0.2) is 30.5 Å². The summed E-state index contributed by atoms with van der Waals surface area (Å²) in [7, 11) is 0. The molecule has 25 heavy (non-hydrogen) atoms. The van der Waals surface area contributed by atoms with E-state index in [-0.39, 0.29) is 17.6 Å². The number of halogens is 1. The first-order valence-electron chi connectivity index (χ1n) is 8.48. The van der Waals surface area contributed by atoms with Crippen molar-refractivity contribution in [3.63, 3.8) is 0 Å². The highest BCUT2D eigenvalue weighted by atomic mass is 19.1. The molecular weight excluding hydrogens is 321 g/mol. The fraction of sp³-hybridized carbons (Fsp3) is 0.421. The van der Waals surface area contributed by atoms with Crippen molar-refractivity contribution in [1.82, 2.24) is 14.9 Å². The normalized spacial score (nSPS) is 16.7. The van der Waals surface area contributed by atoms with Crippen molar-refractivity contribution in [3.8, 4) is 0 Å². The zero-order valence-electron chi connectivity index (χ0n) is 14.4. The van der Waals surface area contributed by atoms with Crippen molar-refractivity contribution in [1.29, 1.82) is 0 Å². The number of aliphatic hydroxyl groups is 1. The first-order chi connectivity index (χ1) is 12.0. The van der Waals surface area contributed by atoms with Gasteiger partial charge in [0.05, 0.1) is 17.4 Å². The average molecular weight is 343 g/mol. The molecule has 0 bridgehead atoms. The quantitative estimate of drug-likeness (QED) is 0.931. The molecule has 1 aliphatic heterocycles. The molecule has 2 aromatic rings. The van der Waals surface area contributed by atoms with Gasteiger partial charge in [0, 0.05) is 19.3 Å². The largest absolute Gasteiger partial charge is 0.388 e. The molecule has 3 rings (SSSR count). The predicted molar refractivity (Wildman–Crippen MR) is 91.5 cm³/mol. The lowest BCUT2D eigenvalue weighted by Gasteiger charge is -2.34. The number of hydrogen-bond donors (Lipinski definition) is 1. The number of aryl methyl sites for hydroxylation is 2. The van der Waals surface area contributed by atoms with Crippen LogP contribution in [0, 0.1) is 25.6 Å². The monoisotopic (exact) mass is 343 g/mol. The second-order valence-corrected chi connectivity index (χ2v) is 6.54. The molecule has 1 amide bonds. The minimum Gasteiger partial charge on any atom is -0.388 e. The van der Waals surface area contributed by atoms with Crippen LogP contribution in [-0.4, -0.2) is 39.0 Å². The average Bonchev–Trinajstić information content (AvgIpc) is 2.61. The molecule has 1 N–H and O–H groups in total. The highest BCUT2D eigenvalue weighted by Gasteiger charge is 2.29. The minimum atomic E-state index is -0.637. The van der Waals surface area contributed by atoms with E-state index >= 15 is 0 Å². The minimum absolute atomic E-state index is 0.0601. The van der Waals surface area contributed by atoms with Gasteiger partial charge in [-0.1, -0.05) is 12.1 Å². The summed E-state index contributed by atoms with van der Waals surface area (Å²) in [4.78, 5) is 22.8. The second-order valence-electron chi connectivity index (χ2n) is 6.54. The highest BCUT2D eigenvalue weighted by Crippen LogP contribution is 2.31. The van der Waals surface area contributed by atoms with E-state index in [1.54, 1.807) is 30.2 Å². The summed E-state index contributed by atoms with van der Waals surface area (Å²) >= 11 is 0. The molecule has 0 aliphatic carbocycles. The number of nitrogens with zero attached hydrogens (tertiary/aromatic N) is 3. The third-order valence-corrected chi connectivity index (χ3v) is 4.82. The Morgan fingerprint density at radius 1 is 1.24 bits per heavy atom. The van der Waals surface area contributed by atoms with Crippen LogP contribution < -0.4 is 0 Å². The molecule has 1 atom stereocenters. The van der Waals surface area contributed by atoms with E-state index in [4.69, 9.17) is 0 Å². The Hall–Kier alpha value is -2.34. The Labute approximate surface area is 146 Å². The van der Waals surface area contributed by atoms with Gasteiger partial charge in [-0.25, -0.2) is 14.4 Å². The van der Waals surface area contributed by atoms with Crippen molar-refractivity contribution in [3.05, 3.63) is 58.9 Å². The molecule has 132 valence electrons. The number of carbonyl (C=O) groups is 1. The third kappa shape index (κ3) is 3.85. The summed E-state index contributed by atoms with van der Waals surface area (Å²) in [5, 5.41) is 10.5. The van der Waals surface area contributed by atoms with Gasteiger partial charge in [-0.2, -0.15) is 0 Å². The Kier molecular flexibility index (Phi) is 5.08. The van der Waals surface area contributed by atoms with Gasteiger partial charge in [0.15, 0.2) is 0 Å². The number of rotatable bonds is 3. The number of amides is 1. The zero-order valence-corrected chi connectivity index (χ0v) is 14.4. The number of piperidine rings is 1. The molecule has 5 nitrogen and oxygen atoms in total. The van der Waals surface area contributed by atoms with Gasteiger partial charge in [-0.3, -0.25) is 4.79 Å². The molecule has 0 spiro atoms. The molecule has 6 heteroatoms. The molecule has 1 aliphatic rings. The predicted octanol–water partition coefficient (Wildman–Crippen LogP) is 2.82. The van der Waals surface area contributed by atoms with E-state index in [2.05, 4.69) is 9.97 Å². The van der Waals surface area contributed by atoms with Crippen LogP contribution >= 0.6 is 0 Å². The van der Waals surface area contributed by atoms with Gasteiger partial charge >= 0.3 is 0 Å². The molecule has 0 saturated carbocycles. The molecular formula is C19H22FN3O2. The fourth-order valence-electron chi connectivity index (χ4n) is 3.31. The standard InChI is InChI=1S/C19H22FN3O2/c1-12-17(11-21-13(2)22-12)19(25)23-9-7-15(8-10-23)18(24)14-3-5-16(20)6-4-14/h3-6,11,15,18,24H,7-10H2,1-2H3. The number of aromatic nitrogens is 2. The molecule has 0 radical (unpaired) electrons. The van der Waals surface area contributed by atoms with E-state index in [1.165, 1.54) is 12.1 Å². The zero-order chi connectivity index (χ0) is 18.0. The fourth-order valence-corrected chi connectivity index (χ4v) is 3.31. The van der Waals surface area contributed by atoms with Crippen molar-refractivity contribution >= 4 is 5.91 Å². The summed E-state index contributed by atoms with van der Waals surface area (Å²) < 4.78 is 13.0. The number of benzene rings is 1. The smallest absolute Gasteiger partial charge is 0.257 e. The first-order valence-corrected chi connectivity index (χ1v) is 8.48. The lowest BCUT2D eigenvalue weighted by Crippen LogP contribution is -2.40. The molecule has 1 unspecified atom stereocenters. The summed E-state index contributed by atoms with van der Waals surface area (Å²) in [5.41, 5.74) is 1.93. The van der Waals surface area contributed by atoms with Gasteiger partial charge in [0.25, 0.3) is 5.91 Å². The maximum Gasteiger partial charge on any atom is 0.257 e. The first kappa shape index (κ1) is 17.5. The van der Waals surface area contributed by atoms with Crippen LogP contribution in [-0.2, 0) is 0 Å². The molecule has 1 aromatic heterocycles. The topological polar surface area (TPSA) is 66.3 Å². The van der Waals surface area contributed by atoms with Crippen LogP contribution in [0.5, 0.6) is 0 Å². The van der Waals surface area contributed by atoms with E-state index < -0.39 is 6.10 Å². The maximum absolute atomic E-state index is 13.0. The van der Waals surface area contributed by atoms with Crippen LogP contribution in [0.4, 0.5) is 4.39 Å². The number of hydrogen-bond acceptors (Lipinski definition) is 4. The summed E-state index contributed by atoms with van der Waals surface area (Å²) in [6, 6.07) is 5.95. The Bertz CT molecular complexity index is 756. The Morgan fingerprint density at radius 2 is 1.88 bits per heavy atom. The Balaban J connectivity index is 1.63. The number of aliphatic hydroxyl groups excluding tert-OH is 1. The van der Waals surface area contributed by atoms with Crippen LogP contribution in [0.3, 0.4) is 0 Å². The van der Waals surface area contributed by atoms with Gasteiger partial charge in [0.1, 0.15) is 11.6 Å². The maximum atomic E-state index is 13.0. The Morgan fingerprint density at radius 3 is 2.48 bits per heavy atom. The lowest BCUT2D eigenvalue weighted by atomic mass is 9.87. The third-order valence-electron chi connectivity index (χ3n) is 4.82. The van der Waals surface area contributed by atoms with Crippen LogP contribution in [0.1, 0.15) is 46.4 Å². The molecule has 1 saturated heterocycles. The van der Waals surface area contributed by atoms with Crippen LogP contribution in [0.2, 0.25) is 0 Å². The summed E-state index contributed by atoms with van der Waals surface area (Å²) in [5.74, 6) is 0.333. The molecule has 2 heterocycles. The lowest BCUT2D eigenvalue weighted by molar-refractivity contribution is 0.0461. The van der Waals surface area contributed by atoms with Crippen molar-refractivity contribution in [2.45, 2.75) is 32.8 Å². The summed E-state index contributed by atoms with van der Waals surface area (Å²) in [6.45, 7) is 4.76. The van der Waals surface area contributed by atoms with E-state index in [0.29, 0.717) is 48.6 Å². The van der Waals surface area contributed by atoms with Gasteiger partial charge in [-0.05, 0) is 50.3 Å². The SMILES string of the molecule is Cc1ncc(C(=O)N2CCC(C(O)c3ccc(F)cc3)CC2)c(C)n1.